The molecule has 1 aliphatic heterocycles. The molecule has 0 bridgehead atoms. The van der Waals surface area contributed by atoms with Crippen LogP contribution in [0.15, 0.2) is 24.3 Å². The largest absolute Gasteiger partial charge is 0.303 e. The second-order valence-electron chi connectivity index (χ2n) is 6.02. The van der Waals surface area contributed by atoms with Crippen LogP contribution in [0, 0.1) is 5.92 Å². The standard InChI is InChI=1S/C17H25N3/c1-2-14-9-12-20(13-10-14)11-5-8-17-15-6-3-4-7-16(15)18-19-17/h3-4,6-7,14H,2,5,8-13H2,1H3,(H,18,19). The van der Waals surface area contributed by atoms with Crippen molar-refractivity contribution in [2.45, 2.75) is 39.0 Å². The number of para-hydroxylation sites is 1. The van der Waals surface area contributed by atoms with E-state index in [1.54, 1.807) is 0 Å². The monoisotopic (exact) mass is 271 g/mol. The van der Waals surface area contributed by atoms with E-state index in [0.29, 0.717) is 0 Å². The highest BCUT2D eigenvalue weighted by atomic mass is 15.1. The molecule has 2 aromatic rings. The van der Waals surface area contributed by atoms with Crippen molar-refractivity contribution in [3.63, 3.8) is 0 Å². The highest BCUT2D eigenvalue weighted by Gasteiger charge is 2.17. The Morgan fingerprint density at radius 3 is 2.85 bits per heavy atom. The molecule has 0 unspecified atom stereocenters. The Kier molecular flexibility index (Phi) is 4.36. The van der Waals surface area contributed by atoms with E-state index >= 15 is 0 Å². The third-order valence-electron chi connectivity index (χ3n) is 4.73. The van der Waals surface area contributed by atoms with Crippen molar-refractivity contribution in [1.29, 1.82) is 0 Å². The zero-order valence-corrected chi connectivity index (χ0v) is 12.4. The Hall–Kier alpha value is -1.35. The molecule has 1 aromatic carbocycles. The lowest BCUT2D eigenvalue weighted by molar-refractivity contribution is 0.180. The van der Waals surface area contributed by atoms with Gasteiger partial charge in [0, 0.05) is 11.1 Å². The molecule has 20 heavy (non-hydrogen) atoms. The molecule has 3 nitrogen and oxygen atoms in total. The fourth-order valence-corrected chi connectivity index (χ4v) is 3.30. The summed E-state index contributed by atoms with van der Waals surface area (Å²) in [4.78, 5) is 2.63. The van der Waals surface area contributed by atoms with Crippen LogP contribution in [0.25, 0.3) is 10.9 Å². The van der Waals surface area contributed by atoms with Gasteiger partial charge in [0.15, 0.2) is 0 Å². The van der Waals surface area contributed by atoms with Gasteiger partial charge in [0.05, 0.1) is 5.52 Å². The van der Waals surface area contributed by atoms with Gasteiger partial charge in [0.2, 0.25) is 0 Å². The number of aromatic amines is 1. The summed E-state index contributed by atoms with van der Waals surface area (Å²) in [5, 5.41) is 8.85. The van der Waals surface area contributed by atoms with Gasteiger partial charge in [-0.15, -0.1) is 0 Å². The van der Waals surface area contributed by atoms with Crippen molar-refractivity contribution in [2.75, 3.05) is 19.6 Å². The van der Waals surface area contributed by atoms with E-state index in [2.05, 4.69) is 40.2 Å². The lowest BCUT2D eigenvalue weighted by Crippen LogP contribution is -2.34. The molecular formula is C17H25N3. The van der Waals surface area contributed by atoms with Gasteiger partial charge in [-0.3, -0.25) is 5.10 Å². The summed E-state index contributed by atoms with van der Waals surface area (Å²) in [7, 11) is 0. The molecule has 2 heterocycles. The van der Waals surface area contributed by atoms with Crippen LogP contribution < -0.4 is 0 Å². The molecule has 0 spiro atoms. The molecule has 0 radical (unpaired) electrons. The molecule has 0 amide bonds. The number of H-pyrrole nitrogens is 1. The number of likely N-dealkylation sites (tertiary alicyclic amines) is 1. The van der Waals surface area contributed by atoms with Gasteiger partial charge in [0.1, 0.15) is 0 Å². The molecule has 1 aromatic heterocycles. The van der Waals surface area contributed by atoms with Crippen LogP contribution in [0.3, 0.4) is 0 Å². The Morgan fingerprint density at radius 1 is 1.25 bits per heavy atom. The second kappa shape index (κ2) is 6.40. The molecule has 1 N–H and O–H groups in total. The molecule has 108 valence electrons. The third kappa shape index (κ3) is 3.04. The highest BCUT2D eigenvalue weighted by Crippen LogP contribution is 2.21. The van der Waals surface area contributed by atoms with Crippen LogP contribution in [0.5, 0.6) is 0 Å². The number of hydrogen-bond donors (Lipinski definition) is 1. The Balaban J connectivity index is 1.48. The number of benzene rings is 1. The van der Waals surface area contributed by atoms with E-state index in [4.69, 9.17) is 0 Å². The summed E-state index contributed by atoms with van der Waals surface area (Å²) >= 11 is 0. The van der Waals surface area contributed by atoms with Crippen LogP contribution in [-0.4, -0.2) is 34.7 Å². The van der Waals surface area contributed by atoms with E-state index in [1.165, 1.54) is 56.4 Å². The topological polar surface area (TPSA) is 31.9 Å². The fraction of sp³-hybridized carbons (Fsp3) is 0.588. The number of rotatable bonds is 5. The lowest BCUT2D eigenvalue weighted by Gasteiger charge is -2.31. The maximum atomic E-state index is 4.37. The molecular weight excluding hydrogens is 246 g/mol. The Labute approximate surface area is 121 Å². The average Bonchev–Trinajstić information content (AvgIpc) is 2.92. The van der Waals surface area contributed by atoms with E-state index in [1.807, 2.05) is 6.07 Å². The van der Waals surface area contributed by atoms with Gasteiger partial charge in [-0.25, -0.2) is 0 Å². The molecule has 1 fully saturated rings. The van der Waals surface area contributed by atoms with Crippen LogP contribution in [0.1, 0.15) is 38.3 Å². The smallest absolute Gasteiger partial charge is 0.0923 e. The number of hydrogen-bond acceptors (Lipinski definition) is 2. The summed E-state index contributed by atoms with van der Waals surface area (Å²) in [5.74, 6) is 0.975. The predicted molar refractivity (Wildman–Crippen MR) is 83.9 cm³/mol. The Bertz CT molecular complexity index is 538. The van der Waals surface area contributed by atoms with Crippen molar-refractivity contribution < 1.29 is 0 Å². The molecule has 1 aliphatic rings. The van der Waals surface area contributed by atoms with Crippen LogP contribution >= 0.6 is 0 Å². The molecule has 0 atom stereocenters. The summed E-state index contributed by atoms with van der Waals surface area (Å²) in [6.45, 7) is 6.14. The Morgan fingerprint density at radius 2 is 2.05 bits per heavy atom. The summed E-state index contributed by atoms with van der Waals surface area (Å²) in [6.07, 6.45) is 6.47. The molecule has 3 rings (SSSR count). The van der Waals surface area contributed by atoms with Gasteiger partial charge < -0.3 is 4.90 Å². The molecule has 3 heteroatoms. The van der Waals surface area contributed by atoms with Crippen molar-refractivity contribution in [2.24, 2.45) is 5.92 Å². The summed E-state index contributed by atoms with van der Waals surface area (Å²) < 4.78 is 0. The lowest BCUT2D eigenvalue weighted by atomic mass is 9.94. The van der Waals surface area contributed by atoms with Crippen molar-refractivity contribution >= 4 is 10.9 Å². The van der Waals surface area contributed by atoms with Crippen molar-refractivity contribution in [3.8, 4) is 0 Å². The van der Waals surface area contributed by atoms with Crippen molar-refractivity contribution in [3.05, 3.63) is 30.0 Å². The van der Waals surface area contributed by atoms with Gasteiger partial charge in [0.25, 0.3) is 0 Å². The maximum absolute atomic E-state index is 4.37. The van der Waals surface area contributed by atoms with E-state index < -0.39 is 0 Å². The third-order valence-corrected chi connectivity index (χ3v) is 4.73. The van der Waals surface area contributed by atoms with Crippen LogP contribution in [0.2, 0.25) is 0 Å². The first-order valence-corrected chi connectivity index (χ1v) is 8.01. The second-order valence-corrected chi connectivity index (χ2v) is 6.02. The average molecular weight is 271 g/mol. The normalized spacial score (nSPS) is 17.9. The first-order valence-electron chi connectivity index (χ1n) is 8.01. The van der Waals surface area contributed by atoms with Crippen molar-refractivity contribution in [1.82, 2.24) is 15.1 Å². The van der Waals surface area contributed by atoms with E-state index in [-0.39, 0.29) is 0 Å². The van der Waals surface area contributed by atoms with Crippen LogP contribution in [0.4, 0.5) is 0 Å². The quantitative estimate of drug-likeness (QED) is 0.900. The fourth-order valence-electron chi connectivity index (χ4n) is 3.30. The minimum Gasteiger partial charge on any atom is -0.303 e. The number of nitrogens with one attached hydrogen (secondary N) is 1. The first kappa shape index (κ1) is 13.6. The van der Waals surface area contributed by atoms with Gasteiger partial charge in [-0.2, -0.15) is 5.10 Å². The number of piperidine rings is 1. The summed E-state index contributed by atoms with van der Waals surface area (Å²) in [5.41, 5.74) is 2.38. The zero-order valence-electron chi connectivity index (χ0n) is 12.4. The van der Waals surface area contributed by atoms with Crippen LogP contribution in [-0.2, 0) is 6.42 Å². The van der Waals surface area contributed by atoms with E-state index in [0.717, 1.165) is 17.9 Å². The predicted octanol–water partition coefficient (Wildman–Crippen LogP) is 3.62. The van der Waals surface area contributed by atoms with Gasteiger partial charge in [-0.05, 0) is 57.3 Å². The van der Waals surface area contributed by atoms with Gasteiger partial charge >= 0.3 is 0 Å². The SMILES string of the molecule is CCC1CCN(CCCc2[nH]nc3ccccc23)CC1. The zero-order chi connectivity index (χ0) is 13.8. The van der Waals surface area contributed by atoms with Gasteiger partial charge in [-0.1, -0.05) is 31.5 Å². The maximum Gasteiger partial charge on any atom is 0.0923 e. The number of nitrogens with zero attached hydrogens (tertiary/aromatic N) is 2. The molecule has 0 aliphatic carbocycles. The number of fused-ring (bicyclic) bond motifs is 1. The minimum atomic E-state index is 0.975. The number of aromatic nitrogens is 2. The molecule has 1 saturated heterocycles. The minimum absolute atomic E-state index is 0.975. The number of aryl methyl sites for hydroxylation is 1. The first-order chi connectivity index (χ1) is 9.86. The van der Waals surface area contributed by atoms with E-state index in [9.17, 15) is 0 Å². The molecule has 0 saturated carbocycles. The summed E-state index contributed by atoms with van der Waals surface area (Å²) in [6, 6.07) is 8.38. The highest BCUT2D eigenvalue weighted by molar-refractivity contribution is 5.81.